The monoisotopic (exact) mass is 1890 g/mol. The zero-order valence-electron chi connectivity index (χ0n) is 71.7. The van der Waals surface area contributed by atoms with Crippen molar-refractivity contribution in [3.8, 4) is 5.75 Å². The number of aromatic amines is 3. The number of nitrogens with two attached hydrogens (primary N) is 3. The van der Waals surface area contributed by atoms with Crippen LogP contribution in [0.1, 0.15) is 133 Å². The molecule has 6 fully saturated rings. The SMILES string of the molecule is C=C1[C@H](CO)[C@@H](O[Si](C)(C)C(C)(C)C)C[C@@H]1n1cnc2c(=O)[nH]c(N)nc21.C=C1[C@H](CO[P@]2(=O)OCC[C@H](c3cc(F)cc(F)c3)O2)[C@@H](O)C[C@@H]1n1cnc2c(=O)[nH]c(N)nc21.C=C1[C@H](CO[P@]2(=O)OCC[C@H](c3cc(F)cc(F)c3)O2)[C@@H](O[Si](C)(C)C(C)(C)C)C[C@@H]1n1cnc2c(=O)[nH]c(N)nc21.O=[N+]([O-])c1ccc(OP2(=O)OCC[C@H](c3cc(F)cc(F)c3)O2)cc1. The largest absolute Gasteiger partial charge is 0.530 e. The van der Waals surface area contributed by atoms with Crippen molar-refractivity contribution in [2.45, 2.75) is 171 Å². The third kappa shape index (κ3) is 21.8. The van der Waals surface area contributed by atoms with Crippen LogP contribution in [0.4, 0.5) is 49.9 Å². The van der Waals surface area contributed by atoms with Gasteiger partial charge in [0, 0.05) is 67.3 Å². The van der Waals surface area contributed by atoms with Crippen LogP contribution >= 0.6 is 23.5 Å². The third-order valence-corrected chi connectivity index (χ3v) is 37.4. The second kappa shape index (κ2) is 38.0. The van der Waals surface area contributed by atoms with Crippen LogP contribution in [0.25, 0.3) is 33.5 Å². The van der Waals surface area contributed by atoms with Gasteiger partial charge in [-0.05, 0) is 137 Å². The number of benzene rings is 4. The molecule has 6 aromatic heterocycles. The number of hydrogen-bond donors (Lipinski definition) is 8. The molecule has 3 aliphatic heterocycles. The molecule has 0 spiro atoms. The van der Waals surface area contributed by atoms with E-state index in [1.807, 2.05) is 4.57 Å². The zero-order chi connectivity index (χ0) is 93.7. The van der Waals surface area contributed by atoms with Gasteiger partial charge in [0.1, 0.15) is 40.7 Å². The molecule has 3 saturated heterocycles. The number of nitro groups is 1. The van der Waals surface area contributed by atoms with E-state index in [0.717, 1.165) is 60.2 Å². The van der Waals surface area contributed by atoms with Crippen LogP contribution < -0.4 is 38.4 Å². The van der Waals surface area contributed by atoms with Gasteiger partial charge in [-0.3, -0.25) is 75.6 Å². The van der Waals surface area contributed by atoms with Gasteiger partial charge in [-0.2, -0.15) is 15.0 Å². The lowest BCUT2D eigenvalue weighted by Crippen LogP contribution is -2.45. The first-order chi connectivity index (χ1) is 60.5. The summed E-state index contributed by atoms with van der Waals surface area (Å²) in [6, 6.07) is 12.7. The van der Waals surface area contributed by atoms with Crippen LogP contribution in [0.3, 0.4) is 0 Å². The zero-order valence-corrected chi connectivity index (χ0v) is 76.4. The highest BCUT2D eigenvalue weighted by molar-refractivity contribution is 7.49. The number of nitrogen functional groups attached to an aromatic ring is 3. The number of nitrogens with zero attached hydrogens (tertiary/aromatic N) is 10. The molecular weight excluding hydrogens is 1800 g/mol. The Morgan fingerprint density at radius 1 is 0.519 bits per heavy atom. The molecule has 9 heterocycles. The van der Waals surface area contributed by atoms with E-state index in [-0.39, 0.29) is 179 Å². The molecule has 3 aliphatic carbocycles. The molecule has 15 atom stereocenters. The molecule has 37 nitrogen and oxygen atoms in total. The Morgan fingerprint density at radius 2 is 0.837 bits per heavy atom. The molecule has 3 saturated carbocycles. The number of rotatable bonds is 20. The smallest absolute Gasteiger partial charge is 0.413 e. The first-order valence-electron chi connectivity index (χ1n) is 40.8. The maximum Gasteiger partial charge on any atom is 0.530 e. The summed E-state index contributed by atoms with van der Waals surface area (Å²) in [6.07, 6.45) is 2.47. The van der Waals surface area contributed by atoms with E-state index < -0.39 is 133 Å². The molecule has 0 bridgehead atoms. The van der Waals surface area contributed by atoms with Crippen molar-refractivity contribution in [1.29, 1.82) is 0 Å². The number of imidazole rings is 3. The standard InChI is InChI=1S/C27H36F2N5O6PSi.C21H22F2N5O6P.C18H29N5O3Si.C15H12F2NO6P/c1-15-19(13-38-41(36)37-8-7-21(39-41)16-9-17(28)11-18(29)10-16)22(40-42(5,6)27(2,3)4)12-20(15)34-14-31-23-24(34)32-26(30)33-25(23)35;1-10-14(16(29)7-15(10)28-9-25-18-19(28)26-21(24)27-20(18)30)8-33-35(31)32-3-2-17(34-35)11-4-12(22)6-13(23)5-11;1-10-11(8-24)13(26-27(5,6)18(2,3)4)7-12(10)23-9-20-14-15(23)21-17(19)22-16(14)25;16-11-7-10(8-12(17)9-11)15-5-6-22-25(21,24-15)23-14-3-1-13(2-4-14)18(19)20/h9-11,14,19-22H,1,7-8,12-13H2,2-6H3,(H3,30,32,33,35);4-6,9,14-17,29H,1-3,7-8H2,(H3,24,26,27,30);9,11-13,24H,1,7-8H2,2-6H3,(H3,19,21,22,25);1-4,7-9,15H,5-6H2/t19-,20-,21+,22-,41-;14-,15-,16-,17+,35-;11-,12-,13-;15-,25?/m0001/s1. The van der Waals surface area contributed by atoms with E-state index in [0.29, 0.717) is 35.3 Å². The number of halogens is 6. The Balaban J connectivity index is 0.000000150. The number of nitro benzene ring substituents is 1. The van der Waals surface area contributed by atoms with Crippen LogP contribution in [-0.2, 0) is 58.7 Å². The number of hydrogen-bond acceptors (Lipinski definition) is 30. The fourth-order valence-corrected chi connectivity index (χ4v) is 22.3. The van der Waals surface area contributed by atoms with Crippen LogP contribution in [0, 0.1) is 62.8 Å². The Morgan fingerprint density at radius 3 is 1.19 bits per heavy atom. The number of phosphoric ester groups is 3. The van der Waals surface area contributed by atoms with Crippen LogP contribution in [0.2, 0.25) is 36.3 Å². The number of non-ortho nitro benzene ring substituents is 1. The molecular formula is C81H99F6N16O21P3Si2. The fraction of sp³-hybridized carbons (Fsp3) is 0.444. The van der Waals surface area contributed by atoms with Crippen molar-refractivity contribution in [2.24, 2.45) is 17.8 Å². The normalized spacial score (nSPS) is 26.3. The lowest BCUT2D eigenvalue weighted by Gasteiger charge is -2.40. The molecule has 1 unspecified atom stereocenters. The summed E-state index contributed by atoms with van der Waals surface area (Å²) in [6.45, 7) is 33.9. The maximum atomic E-state index is 13.8. The summed E-state index contributed by atoms with van der Waals surface area (Å²) in [5.41, 5.74) is 19.8. The second-order valence-electron chi connectivity index (χ2n) is 34.7. The average molecular weight is 1900 g/mol. The molecule has 0 radical (unpaired) electrons. The average Bonchev–Trinajstić information content (AvgIpc) is 1.61. The Hall–Kier alpha value is -10.0. The Labute approximate surface area is 735 Å². The summed E-state index contributed by atoms with van der Waals surface area (Å²) in [4.78, 5) is 79.0. The molecule has 694 valence electrons. The molecule has 48 heteroatoms. The highest BCUT2D eigenvalue weighted by Crippen LogP contribution is 2.61. The van der Waals surface area contributed by atoms with Gasteiger partial charge in [-0.15, -0.1) is 0 Å². The minimum atomic E-state index is -4.11. The van der Waals surface area contributed by atoms with Crippen molar-refractivity contribution in [1.82, 2.24) is 58.6 Å². The van der Waals surface area contributed by atoms with Crippen molar-refractivity contribution in [3.05, 3.63) is 227 Å². The van der Waals surface area contributed by atoms with Gasteiger partial charge in [0.15, 0.2) is 50.1 Å². The summed E-state index contributed by atoms with van der Waals surface area (Å²) in [7, 11) is -16.6. The predicted molar refractivity (Wildman–Crippen MR) is 464 cm³/mol. The minimum Gasteiger partial charge on any atom is -0.413 e. The maximum absolute atomic E-state index is 13.8. The lowest BCUT2D eigenvalue weighted by molar-refractivity contribution is -0.384. The summed E-state index contributed by atoms with van der Waals surface area (Å²) in [5, 5.41) is 31.2. The van der Waals surface area contributed by atoms with E-state index in [2.05, 4.69) is 132 Å². The third-order valence-electron chi connectivity index (χ3n) is 24.0. The highest BCUT2D eigenvalue weighted by Gasteiger charge is 2.51. The number of H-pyrrole nitrogens is 3. The first kappa shape index (κ1) is 96.5. The van der Waals surface area contributed by atoms with Gasteiger partial charge >= 0.3 is 23.5 Å². The predicted octanol–water partition coefficient (Wildman–Crippen LogP) is 15.3. The molecule has 129 heavy (non-hydrogen) atoms. The minimum absolute atomic E-state index is 0.00689. The van der Waals surface area contributed by atoms with E-state index in [1.165, 1.54) is 36.9 Å². The van der Waals surface area contributed by atoms with Gasteiger partial charge in [-0.1, -0.05) is 61.3 Å². The molecule has 16 rings (SSSR count). The van der Waals surface area contributed by atoms with Gasteiger partial charge in [0.05, 0.1) is 118 Å². The number of aromatic nitrogens is 12. The fourth-order valence-electron chi connectivity index (χ4n) is 15.3. The van der Waals surface area contributed by atoms with Gasteiger partial charge in [0.2, 0.25) is 17.8 Å². The quantitative estimate of drug-likeness (QED) is 0.00877. The van der Waals surface area contributed by atoms with Gasteiger partial charge < -0.3 is 54.5 Å². The first-order valence-corrected chi connectivity index (χ1v) is 51.0. The summed E-state index contributed by atoms with van der Waals surface area (Å²) < 4.78 is 188. The topological polar surface area (TPSA) is 505 Å². The van der Waals surface area contributed by atoms with Crippen LogP contribution in [0.5, 0.6) is 5.75 Å². The number of anilines is 3. The van der Waals surface area contributed by atoms with Gasteiger partial charge in [0.25, 0.3) is 22.4 Å². The van der Waals surface area contributed by atoms with Crippen molar-refractivity contribution >= 4 is 97.1 Å². The van der Waals surface area contributed by atoms with Crippen molar-refractivity contribution in [3.63, 3.8) is 0 Å². The molecule has 6 aliphatic rings. The summed E-state index contributed by atoms with van der Waals surface area (Å²) >= 11 is 0. The molecule has 0 amide bonds. The van der Waals surface area contributed by atoms with E-state index in [1.54, 1.807) is 15.5 Å². The highest BCUT2D eigenvalue weighted by atomic mass is 31.2. The Bertz CT molecular complexity index is 6210. The second-order valence-corrected chi connectivity index (χ2v) is 49.0. The number of aliphatic hydroxyl groups is 2. The van der Waals surface area contributed by atoms with Crippen LogP contribution in [0.15, 0.2) is 149 Å². The lowest BCUT2D eigenvalue weighted by atomic mass is 10.0. The number of nitrogens with one attached hydrogen (secondary N) is 3. The Kier molecular flexibility index (Phi) is 28.5. The van der Waals surface area contributed by atoms with Crippen molar-refractivity contribution < 1.29 is 105 Å². The number of phosphoric acid groups is 3. The van der Waals surface area contributed by atoms with Gasteiger partial charge in [-0.25, -0.2) is 55.0 Å². The van der Waals surface area contributed by atoms with Crippen LogP contribution in [-0.4, -0.2) is 148 Å². The van der Waals surface area contributed by atoms with E-state index in [4.69, 9.17) is 66.8 Å². The summed E-state index contributed by atoms with van der Waals surface area (Å²) in [5.74, 6) is -5.94. The van der Waals surface area contributed by atoms with E-state index >= 15 is 0 Å². The van der Waals surface area contributed by atoms with E-state index in [9.17, 15) is 74.7 Å². The molecule has 10 aromatic rings. The molecule has 4 aromatic carbocycles. The number of aliphatic hydroxyl groups excluding tert-OH is 2. The van der Waals surface area contributed by atoms with Crippen molar-refractivity contribution in [2.75, 3.05) is 56.8 Å². The molecule has 11 N–H and O–H groups in total. The number of fused-ring (bicyclic) bond motifs is 3.